The van der Waals surface area contributed by atoms with Crippen LogP contribution in [0.4, 0.5) is 4.39 Å². The normalized spacial score (nSPS) is 24.9. The Kier molecular flexibility index (Phi) is 6.70. The van der Waals surface area contributed by atoms with Gasteiger partial charge in [0.2, 0.25) is 11.8 Å². The van der Waals surface area contributed by atoms with Crippen LogP contribution in [0.1, 0.15) is 45.1 Å². The number of likely N-dealkylation sites (tertiary alicyclic amines) is 2. The molecule has 0 aromatic heterocycles. The molecule has 2 heterocycles. The molecule has 5 nitrogen and oxygen atoms in total. The lowest BCUT2D eigenvalue weighted by Crippen LogP contribution is -2.50. The third-order valence-electron chi connectivity index (χ3n) is 6.41. The summed E-state index contributed by atoms with van der Waals surface area (Å²) >= 11 is 0. The minimum absolute atomic E-state index is 0.168. The summed E-state index contributed by atoms with van der Waals surface area (Å²) in [5.41, 5.74) is 1.08. The van der Waals surface area contributed by atoms with Crippen LogP contribution in [0.5, 0.6) is 0 Å². The van der Waals surface area contributed by atoms with Crippen LogP contribution < -0.4 is 0 Å². The highest BCUT2D eigenvalue weighted by Crippen LogP contribution is 2.41. The first-order valence-corrected chi connectivity index (χ1v) is 10.5. The van der Waals surface area contributed by atoms with Crippen LogP contribution in [0, 0.1) is 11.7 Å². The number of benzene rings is 1. The molecular weight excluding hydrogens is 357 g/mol. The van der Waals surface area contributed by atoms with Crippen LogP contribution in [-0.4, -0.2) is 71.8 Å². The molecule has 0 unspecified atom stereocenters. The smallest absolute Gasteiger partial charge is 0.236 e. The van der Waals surface area contributed by atoms with Crippen molar-refractivity contribution in [3.05, 3.63) is 35.6 Å². The van der Waals surface area contributed by atoms with Crippen LogP contribution >= 0.6 is 0 Å². The van der Waals surface area contributed by atoms with Crippen LogP contribution in [0.2, 0.25) is 0 Å². The Balaban J connectivity index is 1.77. The van der Waals surface area contributed by atoms with Crippen molar-refractivity contribution in [3.63, 3.8) is 0 Å². The van der Waals surface area contributed by atoms with Crippen molar-refractivity contribution in [1.29, 1.82) is 0 Å². The number of nitrogens with zero attached hydrogens (tertiary/aromatic N) is 3. The van der Waals surface area contributed by atoms with Gasteiger partial charge in [-0.25, -0.2) is 4.39 Å². The summed E-state index contributed by atoms with van der Waals surface area (Å²) in [7, 11) is 0. The van der Waals surface area contributed by atoms with Gasteiger partial charge in [0.25, 0.3) is 0 Å². The Morgan fingerprint density at radius 3 is 2.39 bits per heavy atom. The number of carbonyl (C=O) groups is 2. The molecule has 0 saturated carbocycles. The predicted octanol–water partition coefficient (Wildman–Crippen LogP) is 2.72. The van der Waals surface area contributed by atoms with E-state index in [1.54, 1.807) is 0 Å². The number of likely N-dealkylation sites (N-methyl/N-ethyl adjacent to an activating group) is 1. The van der Waals surface area contributed by atoms with Gasteiger partial charge < -0.3 is 9.80 Å². The van der Waals surface area contributed by atoms with Crippen molar-refractivity contribution in [2.24, 2.45) is 5.92 Å². The zero-order valence-corrected chi connectivity index (χ0v) is 17.2. The molecule has 2 aliphatic rings. The molecule has 2 aliphatic heterocycles. The van der Waals surface area contributed by atoms with Gasteiger partial charge in [-0.1, -0.05) is 19.1 Å². The Hall–Kier alpha value is -1.95. The minimum Gasteiger partial charge on any atom is -0.342 e. The molecule has 6 heteroatoms. The molecule has 154 valence electrons. The SMILES string of the molecule is CCC(=O)N1C[C@H](c2ccc(F)cc2)[C@H]2CN(CC(=O)N(CC)CC)CC[C@H]21. The minimum atomic E-state index is -0.241. The second-order valence-corrected chi connectivity index (χ2v) is 7.88. The van der Waals surface area contributed by atoms with Crippen molar-refractivity contribution in [1.82, 2.24) is 14.7 Å². The standard InChI is InChI=1S/C22H32FN3O2/c1-4-21(27)26-14-18(16-7-9-17(23)10-8-16)19-13-24(12-11-20(19)26)15-22(28)25(5-2)6-3/h7-10,18-20H,4-6,11-15H2,1-3H3/t18-,19-,20-/m1/s1. The van der Waals surface area contributed by atoms with Gasteiger partial charge in [0.05, 0.1) is 6.54 Å². The van der Waals surface area contributed by atoms with E-state index < -0.39 is 0 Å². The quantitative estimate of drug-likeness (QED) is 0.751. The fourth-order valence-electron chi connectivity index (χ4n) is 4.87. The highest BCUT2D eigenvalue weighted by molar-refractivity contribution is 5.78. The number of halogens is 1. The highest BCUT2D eigenvalue weighted by Gasteiger charge is 2.46. The van der Waals surface area contributed by atoms with Gasteiger partial charge in [-0.2, -0.15) is 0 Å². The second-order valence-electron chi connectivity index (χ2n) is 7.88. The maximum Gasteiger partial charge on any atom is 0.236 e. The average Bonchev–Trinajstić information content (AvgIpc) is 3.08. The van der Waals surface area contributed by atoms with Crippen LogP contribution in [-0.2, 0) is 9.59 Å². The summed E-state index contributed by atoms with van der Waals surface area (Å²) in [5, 5.41) is 0. The number of piperidine rings is 1. The van der Waals surface area contributed by atoms with Crippen molar-refractivity contribution in [3.8, 4) is 0 Å². The van der Waals surface area contributed by atoms with Gasteiger partial charge in [0.15, 0.2) is 0 Å². The van der Waals surface area contributed by atoms with E-state index in [4.69, 9.17) is 0 Å². The Labute approximate surface area is 167 Å². The summed E-state index contributed by atoms with van der Waals surface area (Å²) < 4.78 is 13.4. The fraction of sp³-hybridized carbons (Fsp3) is 0.636. The summed E-state index contributed by atoms with van der Waals surface area (Å²) in [6.07, 6.45) is 1.39. The van der Waals surface area contributed by atoms with E-state index in [2.05, 4.69) is 4.90 Å². The van der Waals surface area contributed by atoms with E-state index >= 15 is 0 Å². The second kappa shape index (κ2) is 9.03. The van der Waals surface area contributed by atoms with Crippen LogP contribution in [0.3, 0.4) is 0 Å². The third kappa shape index (κ3) is 4.22. The van der Waals surface area contributed by atoms with E-state index in [9.17, 15) is 14.0 Å². The Morgan fingerprint density at radius 1 is 1.11 bits per heavy atom. The highest BCUT2D eigenvalue weighted by atomic mass is 19.1. The Bertz CT molecular complexity index is 690. The summed E-state index contributed by atoms with van der Waals surface area (Å²) in [5.74, 6) is 0.579. The fourth-order valence-corrected chi connectivity index (χ4v) is 4.87. The van der Waals surface area contributed by atoms with Gasteiger partial charge in [-0.3, -0.25) is 14.5 Å². The lowest BCUT2D eigenvalue weighted by atomic mass is 9.82. The predicted molar refractivity (Wildman–Crippen MR) is 107 cm³/mol. The number of amides is 2. The van der Waals surface area contributed by atoms with Gasteiger partial charge in [0, 0.05) is 57.0 Å². The number of rotatable bonds is 6. The number of hydrogen-bond donors (Lipinski definition) is 0. The monoisotopic (exact) mass is 389 g/mol. The molecule has 0 bridgehead atoms. The molecule has 1 aromatic carbocycles. The van der Waals surface area contributed by atoms with E-state index in [0.717, 1.165) is 38.2 Å². The van der Waals surface area contributed by atoms with Crippen molar-refractivity contribution < 1.29 is 14.0 Å². The molecule has 3 rings (SSSR count). The average molecular weight is 390 g/mol. The maximum atomic E-state index is 13.4. The first-order valence-electron chi connectivity index (χ1n) is 10.5. The summed E-state index contributed by atoms with van der Waals surface area (Å²) in [6, 6.07) is 6.90. The largest absolute Gasteiger partial charge is 0.342 e. The molecule has 2 saturated heterocycles. The van der Waals surface area contributed by atoms with Crippen molar-refractivity contribution >= 4 is 11.8 Å². The number of hydrogen-bond acceptors (Lipinski definition) is 3. The van der Waals surface area contributed by atoms with Gasteiger partial charge in [0.1, 0.15) is 5.82 Å². The third-order valence-corrected chi connectivity index (χ3v) is 6.41. The van der Waals surface area contributed by atoms with E-state index in [1.807, 2.05) is 42.7 Å². The maximum absolute atomic E-state index is 13.4. The lowest BCUT2D eigenvalue weighted by molar-refractivity contribution is -0.135. The molecule has 0 spiro atoms. The molecule has 0 N–H and O–H groups in total. The van der Waals surface area contributed by atoms with Crippen LogP contribution in [0.25, 0.3) is 0 Å². The lowest BCUT2D eigenvalue weighted by Gasteiger charge is -2.39. The molecule has 1 aromatic rings. The van der Waals surface area contributed by atoms with E-state index in [1.165, 1.54) is 12.1 Å². The van der Waals surface area contributed by atoms with Crippen molar-refractivity contribution in [2.45, 2.75) is 45.6 Å². The summed E-state index contributed by atoms with van der Waals surface area (Å²) in [6.45, 7) is 10.1. The molecular formula is C22H32FN3O2. The molecule has 28 heavy (non-hydrogen) atoms. The summed E-state index contributed by atoms with van der Waals surface area (Å²) in [4.78, 5) is 31.2. The molecule has 0 aliphatic carbocycles. The van der Waals surface area contributed by atoms with E-state index in [-0.39, 0.29) is 35.5 Å². The Morgan fingerprint density at radius 2 is 1.79 bits per heavy atom. The topological polar surface area (TPSA) is 43.9 Å². The van der Waals surface area contributed by atoms with Crippen LogP contribution in [0.15, 0.2) is 24.3 Å². The zero-order valence-electron chi connectivity index (χ0n) is 17.2. The first-order chi connectivity index (χ1) is 13.5. The van der Waals surface area contributed by atoms with E-state index in [0.29, 0.717) is 19.5 Å². The number of fused-ring (bicyclic) bond motifs is 1. The van der Waals surface area contributed by atoms with Gasteiger partial charge in [-0.05, 0) is 38.0 Å². The molecule has 0 radical (unpaired) electrons. The zero-order chi connectivity index (χ0) is 20.3. The first kappa shape index (κ1) is 20.8. The number of carbonyl (C=O) groups excluding carboxylic acids is 2. The van der Waals surface area contributed by atoms with Crippen molar-refractivity contribution in [2.75, 3.05) is 39.3 Å². The molecule has 2 amide bonds. The van der Waals surface area contributed by atoms with Gasteiger partial charge in [-0.15, -0.1) is 0 Å². The van der Waals surface area contributed by atoms with Gasteiger partial charge >= 0.3 is 0 Å². The molecule has 3 atom stereocenters. The molecule has 2 fully saturated rings.